The van der Waals surface area contributed by atoms with Crippen molar-refractivity contribution < 1.29 is 18.0 Å². The Morgan fingerprint density at radius 1 is 1.15 bits per heavy atom. The Bertz CT molecular complexity index is 1020. The average molecular weight is 572 g/mol. The summed E-state index contributed by atoms with van der Waals surface area (Å²) in [5, 5.41) is 9.48. The minimum Gasteiger partial charge on any atom is -0.356 e. The number of para-hydroxylation sites is 1. The number of benzene rings is 2. The van der Waals surface area contributed by atoms with Gasteiger partial charge in [-0.3, -0.25) is 9.79 Å². The molecule has 4 rings (SSSR count). The van der Waals surface area contributed by atoms with E-state index in [2.05, 4.69) is 20.9 Å². The maximum absolute atomic E-state index is 13.2. The van der Waals surface area contributed by atoms with E-state index in [0.717, 1.165) is 36.6 Å². The zero-order chi connectivity index (χ0) is 22.8. The Hall–Kier alpha value is -2.30. The van der Waals surface area contributed by atoms with Crippen LogP contribution in [0.1, 0.15) is 48.3 Å². The lowest BCUT2D eigenvalue weighted by Gasteiger charge is -2.43. The highest BCUT2D eigenvalue weighted by Crippen LogP contribution is 2.44. The highest BCUT2D eigenvalue weighted by molar-refractivity contribution is 14.0. The van der Waals surface area contributed by atoms with Gasteiger partial charge < -0.3 is 16.0 Å². The molecule has 0 saturated heterocycles. The quantitative estimate of drug-likeness (QED) is 0.268. The first-order valence-electron chi connectivity index (χ1n) is 10.8. The lowest BCUT2D eigenvalue weighted by molar-refractivity contribution is -0.137. The van der Waals surface area contributed by atoms with Gasteiger partial charge in [0, 0.05) is 43.6 Å². The van der Waals surface area contributed by atoms with Crippen molar-refractivity contribution >= 4 is 41.5 Å². The summed E-state index contributed by atoms with van der Waals surface area (Å²) in [6, 6.07) is 13.4. The van der Waals surface area contributed by atoms with Crippen LogP contribution >= 0.6 is 24.0 Å². The third kappa shape index (κ3) is 5.62. The van der Waals surface area contributed by atoms with Crippen molar-refractivity contribution in [3.63, 3.8) is 0 Å². The van der Waals surface area contributed by atoms with Gasteiger partial charge in [-0.1, -0.05) is 42.8 Å². The van der Waals surface area contributed by atoms with Gasteiger partial charge in [0.2, 0.25) is 5.91 Å². The summed E-state index contributed by atoms with van der Waals surface area (Å²) in [4.78, 5) is 16.3. The van der Waals surface area contributed by atoms with Crippen molar-refractivity contribution in [3.8, 4) is 0 Å². The third-order valence-corrected chi connectivity index (χ3v) is 6.55. The van der Waals surface area contributed by atoms with Crippen molar-refractivity contribution in [2.75, 3.05) is 25.5 Å². The second-order valence-corrected chi connectivity index (χ2v) is 8.56. The molecular formula is C24H28F3IN4O. The van der Waals surface area contributed by atoms with Gasteiger partial charge in [0.05, 0.1) is 5.56 Å². The molecule has 3 N–H and O–H groups in total. The minimum absolute atomic E-state index is 0. The van der Waals surface area contributed by atoms with Crippen molar-refractivity contribution in [1.29, 1.82) is 0 Å². The number of fused-ring (bicyclic) bond motifs is 1. The molecule has 5 nitrogen and oxygen atoms in total. The fourth-order valence-corrected chi connectivity index (χ4v) is 4.57. The molecule has 1 saturated carbocycles. The maximum atomic E-state index is 13.2. The van der Waals surface area contributed by atoms with E-state index in [9.17, 15) is 18.0 Å². The molecule has 33 heavy (non-hydrogen) atoms. The number of hydrogen-bond donors (Lipinski definition) is 3. The van der Waals surface area contributed by atoms with Gasteiger partial charge in [-0.2, -0.15) is 13.2 Å². The number of halogens is 4. The zero-order valence-corrected chi connectivity index (χ0v) is 20.7. The molecule has 0 bridgehead atoms. The second-order valence-electron chi connectivity index (χ2n) is 8.56. The average Bonchev–Trinajstić information content (AvgIpc) is 2.74. The molecule has 0 radical (unpaired) electrons. The smallest absolute Gasteiger partial charge is 0.356 e. The molecule has 0 aromatic heterocycles. The predicted octanol–water partition coefficient (Wildman–Crippen LogP) is 5.04. The minimum atomic E-state index is -4.35. The van der Waals surface area contributed by atoms with E-state index in [1.807, 2.05) is 24.3 Å². The SMILES string of the molecule is CN=C(NCC1CC(=O)Nc2ccccc21)NCC1(c2cccc(C(F)(F)F)c2)CCC1.I. The zero-order valence-electron chi connectivity index (χ0n) is 18.3. The van der Waals surface area contributed by atoms with Crippen LogP contribution in [0.4, 0.5) is 18.9 Å². The van der Waals surface area contributed by atoms with Crippen LogP contribution in [0.2, 0.25) is 0 Å². The van der Waals surface area contributed by atoms with Gasteiger partial charge in [-0.05, 0) is 36.1 Å². The number of amides is 1. The summed E-state index contributed by atoms with van der Waals surface area (Å²) >= 11 is 0. The molecule has 1 unspecified atom stereocenters. The topological polar surface area (TPSA) is 65.5 Å². The second kappa shape index (κ2) is 10.3. The first kappa shape index (κ1) is 25.3. The summed E-state index contributed by atoms with van der Waals surface area (Å²) in [6.07, 6.45) is -1.33. The normalized spacial score (nSPS) is 19.5. The van der Waals surface area contributed by atoms with Gasteiger partial charge in [-0.25, -0.2) is 0 Å². The standard InChI is InChI=1S/C24H27F3N4O.HI/c1-28-22(29-14-16-12-21(32)31-20-9-3-2-8-19(16)20)30-15-23(10-5-11-23)17-6-4-7-18(13-17)24(25,26)27;/h2-4,6-9,13,16H,5,10-12,14-15H2,1H3,(H,31,32)(H2,28,29,30);1H. The molecule has 2 aromatic rings. The van der Waals surface area contributed by atoms with E-state index in [1.54, 1.807) is 13.1 Å². The van der Waals surface area contributed by atoms with Crippen LogP contribution in [0.5, 0.6) is 0 Å². The Balaban J connectivity index is 0.00000306. The number of aliphatic imine (C=N–C) groups is 1. The van der Waals surface area contributed by atoms with Gasteiger partial charge in [0.25, 0.3) is 0 Å². The number of rotatable bonds is 5. The Morgan fingerprint density at radius 2 is 1.91 bits per heavy atom. The maximum Gasteiger partial charge on any atom is 0.416 e. The Morgan fingerprint density at radius 3 is 2.58 bits per heavy atom. The molecule has 1 fully saturated rings. The van der Waals surface area contributed by atoms with Gasteiger partial charge >= 0.3 is 6.18 Å². The van der Waals surface area contributed by atoms with Crippen molar-refractivity contribution in [3.05, 3.63) is 65.2 Å². The number of nitrogens with one attached hydrogen (secondary N) is 3. The number of alkyl halides is 3. The van der Waals surface area contributed by atoms with Crippen LogP contribution in [0.15, 0.2) is 53.5 Å². The molecule has 1 heterocycles. The molecule has 9 heteroatoms. The first-order valence-corrected chi connectivity index (χ1v) is 10.8. The summed E-state index contributed by atoms with van der Waals surface area (Å²) in [7, 11) is 1.66. The molecule has 1 amide bonds. The van der Waals surface area contributed by atoms with Crippen LogP contribution in [0.25, 0.3) is 0 Å². The molecule has 178 valence electrons. The van der Waals surface area contributed by atoms with Crippen LogP contribution < -0.4 is 16.0 Å². The van der Waals surface area contributed by atoms with E-state index in [-0.39, 0.29) is 41.2 Å². The predicted molar refractivity (Wildman–Crippen MR) is 134 cm³/mol. The molecule has 2 aromatic carbocycles. The molecule has 1 aliphatic heterocycles. The summed E-state index contributed by atoms with van der Waals surface area (Å²) < 4.78 is 39.6. The number of carbonyl (C=O) groups is 1. The number of guanidine groups is 1. The fourth-order valence-electron chi connectivity index (χ4n) is 4.57. The van der Waals surface area contributed by atoms with Crippen LogP contribution in [-0.2, 0) is 16.4 Å². The van der Waals surface area contributed by atoms with Crippen molar-refractivity contribution in [1.82, 2.24) is 10.6 Å². The van der Waals surface area contributed by atoms with Gasteiger partial charge in [0.15, 0.2) is 5.96 Å². The first-order chi connectivity index (χ1) is 15.3. The highest BCUT2D eigenvalue weighted by atomic mass is 127. The summed E-state index contributed by atoms with van der Waals surface area (Å²) in [6.45, 7) is 1.02. The van der Waals surface area contributed by atoms with Crippen molar-refractivity contribution in [2.45, 2.75) is 43.2 Å². The van der Waals surface area contributed by atoms with E-state index in [4.69, 9.17) is 0 Å². The van der Waals surface area contributed by atoms with Gasteiger partial charge in [0.1, 0.15) is 0 Å². The number of nitrogens with zero attached hydrogens (tertiary/aromatic N) is 1. The van der Waals surface area contributed by atoms with E-state index < -0.39 is 11.7 Å². The van der Waals surface area contributed by atoms with E-state index in [1.165, 1.54) is 12.1 Å². The fraction of sp³-hybridized carbons (Fsp3) is 0.417. The largest absolute Gasteiger partial charge is 0.416 e. The monoisotopic (exact) mass is 572 g/mol. The number of carbonyl (C=O) groups excluding carboxylic acids is 1. The van der Waals surface area contributed by atoms with Crippen LogP contribution in [0.3, 0.4) is 0 Å². The summed E-state index contributed by atoms with van der Waals surface area (Å²) in [5.74, 6) is 0.572. The number of anilines is 1. The molecule has 0 spiro atoms. The summed E-state index contributed by atoms with van der Waals surface area (Å²) in [5.41, 5.74) is 1.67. The molecular weight excluding hydrogens is 544 g/mol. The lowest BCUT2D eigenvalue weighted by Crippen LogP contribution is -2.49. The van der Waals surface area contributed by atoms with Crippen LogP contribution in [0, 0.1) is 0 Å². The third-order valence-electron chi connectivity index (χ3n) is 6.55. The number of hydrogen-bond acceptors (Lipinski definition) is 2. The van der Waals surface area contributed by atoms with E-state index in [0.29, 0.717) is 31.0 Å². The van der Waals surface area contributed by atoms with Crippen LogP contribution in [-0.4, -0.2) is 32.0 Å². The van der Waals surface area contributed by atoms with Crippen molar-refractivity contribution in [2.24, 2.45) is 4.99 Å². The molecule has 1 aliphatic carbocycles. The molecule has 1 atom stereocenters. The van der Waals surface area contributed by atoms with E-state index >= 15 is 0 Å². The molecule has 2 aliphatic rings. The lowest BCUT2D eigenvalue weighted by atomic mass is 9.64. The Kier molecular flexibility index (Phi) is 7.92. The highest BCUT2D eigenvalue weighted by Gasteiger charge is 2.40. The van der Waals surface area contributed by atoms with Gasteiger partial charge in [-0.15, -0.1) is 24.0 Å². The Labute approximate surface area is 208 Å².